The average molecular weight is 356 g/mol. The molecule has 1 aliphatic rings. The van der Waals surface area contributed by atoms with Gasteiger partial charge in [-0.15, -0.1) is 0 Å². The first-order valence-electron chi connectivity index (χ1n) is 9.62. The van der Waals surface area contributed by atoms with E-state index in [2.05, 4.69) is 10.6 Å². The molecule has 0 saturated heterocycles. The smallest absolute Gasteiger partial charge is 0.407 e. The number of carbonyl (C=O) groups excluding carboxylic acids is 2. The van der Waals surface area contributed by atoms with Crippen LogP contribution in [0.15, 0.2) is 0 Å². The quantitative estimate of drug-likeness (QED) is 0.612. The van der Waals surface area contributed by atoms with Crippen LogP contribution in [0.25, 0.3) is 0 Å². The Morgan fingerprint density at radius 1 is 1.12 bits per heavy atom. The third-order valence-electron chi connectivity index (χ3n) is 4.74. The van der Waals surface area contributed by atoms with Gasteiger partial charge in [0.2, 0.25) is 5.91 Å². The van der Waals surface area contributed by atoms with Crippen LogP contribution in [0.4, 0.5) is 4.79 Å². The predicted molar refractivity (Wildman–Crippen MR) is 100 cm³/mol. The average Bonchev–Trinajstić information content (AvgIpc) is 2.72. The fourth-order valence-corrected chi connectivity index (χ4v) is 3.37. The van der Waals surface area contributed by atoms with Gasteiger partial charge in [-0.25, -0.2) is 4.79 Å². The van der Waals surface area contributed by atoms with Crippen molar-refractivity contribution in [2.45, 2.75) is 90.8 Å². The molecule has 0 aromatic heterocycles. The molecule has 0 heterocycles. The van der Waals surface area contributed by atoms with Crippen LogP contribution in [0.1, 0.15) is 73.1 Å². The summed E-state index contributed by atoms with van der Waals surface area (Å²) < 4.78 is 5.29. The third kappa shape index (κ3) is 8.56. The van der Waals surface area contributed by atoms with Crippen LogP contribution < -0.4 is 16.4 Å². The lowest BCUT2D eigenvalue weighted by Gasteiger charge is -2.32. The molecule has 6 heteroatoms. The second-order valence-corrected chi connectivity index (χ2v) is 8.53. The van der Waals surface area contributed by atoms with E-state index in [1.807, 2.05) is 34.6 Å². The second-order valence-electron chi connectivity index (χ2n) is 8.53. The standard InChI is InChI=1S/C19H37N3O3/c1-13(2)15(12-21-18(24)25-19(3,4)5)16(17(20)23)22-14-10-8-6-7-9-11-14/h13-16,22H,6-12H2,1-5H3,(H2,20,23)(H,21,24). The van der Waals surface area contributed by atoms with E-state index in [9.17, 15) is 9.59 Å². The molecule has 0 aromatic rings. The Kier molecular flexibility index (Phi) is 8.69. The summed E-state index contributed by atoms with van der Waals surface area (Å²) in [5.41, 5.74) is 5.15. The molecule has 0 spiro atoms. The minimum Gasteiger partial charge on any atom is -0.444 e. The molecule has 2 unspecified atom stereocenters. The largest absolute Gasteiger partial charge is 0.444 e. The molecule has 1 rings (SSSR count). The second kappa shape index (κ2) is 10.00. The molecule has 0 aliphatic heterocycles. The highest BCUT2D eigenvalue weighted by atomic mass is 16.6. The maximum absolute atomic E-state index is 12.1. The van der Waals surface area contributed by atoms with Crippen LogP contribution in [0.3, 0.4) is 0 Å². The fourth-order valence-electron chi connectivity index (χ4n) is 3.37. The number of hydrogen-bond donors (Lipinski definition) is 3. The van der Waals surface area contributed by atoms with E-state index < -0.39 is 17.7 Å². The van der Waals surface area contributed by atoms with Gasteiger partial charge in [0, 0.05) is 18.5 Å². The molecular weight excluding hydrogens is 318 g/mol. The van der Waals surface area contributed by atoms with Crippen molar-refractivity contribution in [3.05, 3.63) is 0 Å². The number of ether oxygens (including phenoxy) is 1. The molecule has 2 amide bonds. The number of alkyl carbamates (subject to hydrolysis) is 1. The number of amides is 2. The molecule has 25 heavy (non-hydrogen) atoms. The number of nitrogens with two attached hydrogens (primary N) is 1. The summed E-state index contributed by atoms with van der Waals surface area (Å²) in [5.74, 6) is -0.229. The van der Waals surface area contributed by atoms with Crippen molar-refractivity contribution in [3.63, 3.8) is 0 Å². The zero-order valence-corrected chi connectivity index (χ0v) is 16.6. The van der Waals surface area contributed by atoms with Crippen LogP contribution in [0, 0.1) is 11.8 Å². The Bertz CT molecular complexity index is 424. The lowest BCUT2D eigenvalue weighted by molar-refractivity contribution is -0.122. The summed E-state index contributed by atoms with van der Waals surface area (Å²) in [4.78, 5) is 24.0. The molecule has 4 N–H and O–H groups in total. The molecule has 1 fully saturated rings. The van der Waals surface area contributed by atoms with Crippen molar-refractivity contribution in [2.75, 3.05) is 6.54 Å². The van der Waals surface area contributed by atoms with E-state index in [1.165, 1.54) is 25.7 Å². The minimum atomic E-state index is -0.543. The summed E-state index contributed by atoms with van der Waals surface area (Å²) in [6.45, 7) is 9.93. The van der Waals surface area contributed by atoms with Crippen LogP contribution in [-0.4, -0.2) is 36.2 Å². The SMILES string of the molecule is CC(C)C(CNC(=O)OC(C)(C)C)C(NC1CCCCCC1)C(N)=O. The van der Waals surface area contributed by atoms with Crippen molar-refractivity contribution in [1.82, 2.24) is 10.6 Å². The Labute approximate surface area is 152 Å². The van der Waals surface area contributed by atoms with E-state index in [-0.39, 0.29) is 17.7 Å². The summed E-state index contributed by atoms with van der Waals surface area (Å²) >= 11 is 0. The summed E-state index contributed by atoms with van der Waals surface area (Å²) in [5, 5.41) is 6.28. The van der Waals surface area contributed by atoms with Gasteiger partial charge in [0.15, 0.2) is 0 Å². The van der Waals surface area contributed by atoms with Gasteiger partial charge in [0.05, 0.1) is 6.04 Å². The van der Waals surface area contributed by atoms with Gasteiger partial charge in [-0.1, -0.05) is 39.5 Å². The molecule has 2 atom stereocenters. The van der Waals surface area contributed by atoms with Crippen LogP contribution in [0.2, 0.25) is 0 Å². The number of rotatable bonds is 7. The van der Waals surface area contributed by atoms with Crippen molar-refractivity contribution >= 4 is 12.0 Å². The monoisotopic (exact) mass is 355 g/mol. The highest BCUT2D eigenvalue weighted by molar-refractivity contribution is 5.80. The zero-order valence-electron chi connectivity index (χ0n) is 16.6. The van der Waals surface area contributed by atoms with Gasteiger partial charge < -0.3 is 21.1 Å². The van der Waals surface area contributed by atoms with Crippen molar-refractivity contribution < 1.29 is 14.3 Å². The predicted octanol–water partition coefficient (Wildman–Crippen LogP) is 2.95. The van der Waals surface area contributed by atoms with Gasteiger partial charge in [-0.3, -0.25) is 4.79 Å². The summed E-state index contributed by atoms with van der Waals surface area (Å²) in [7, 11) is 0. The fraction of sp³-hybridized carbons (Fsp3) is 0.895. The minimum absolute atomic E-state index is 0.0757. The normalized spacial score (nSPS) is 19.1. The van der Waals surface area contributed by atoms with Crippen LogP contribution >= 0.6 is 0 Å². The maximum Gasteiger partial charge on any atom is 0.407 e. The first-order valence-corrected chi connectivity index (χ1v) is 9.62. The van der Waals surface area contributed by atoms with E-state index >= 15 is 0 Å². The molecule has 0 aromatic carbocycles. The van der Waals surface area contributed by atoms with Crippen molar-refractivity contribution in [1.29, 1.82) is 0 Å². The molecule has 0 radical (unpaired) electrons. The molecule has 146 valence electrons. The number of carbonyl (C=O) groups is 2. The first-order chi connectivity index (χ1) is 11.6. The molecule has 1 aliphatic carbocycles. The first kappa shape index (κ1) is 21.7. The van der Waals surface area contributed by atoms with Crippen LogP contribution in [-0.2, 0) is 9.53 Å². The topological polar surface area (TPSA) is 93.4 Å². The van der Waals surface area contributed by atoms with Gasteiger partial charge in [-0.05, 0) is 39.5 Å². The Morgan fingerprint density at radius 3 is 2.12 bits per heavy atom. The van der Waals surface area contributed by atoms with Gasteiger partial charge in [0.25, 0.3) is 0 Å². The van der Waals surface area contributed by atoms with Crippen molar-refractivity contribution in [3.8, 4) is 0 Å². The lowest BCUT2D eigenvalue weighted by Crippen LogP contribution is -2.54. The molecule has 1 saturated carbocycles. The Hall–Kier alpha value is -1.30. The van der Waals surface area contributed by atoms with Crippen LogP contribution in [0.5, 0.6) is 0 Å². The lowest BCUT2D eigenvalue weighted by atomic mass is 9.87. The number of hydrogen-bond acceptors (Lipinski definition) is 4. The highest BCUT2D eigenvalue weighted by Crippen LogP contribution is 2.21. The Balaban J connectivity index is 2.70. The number of primary amides is 1. The molecule has 0 bridgehead atoms. The highest BCUT2D eigenvalue weighted by Gasteiger charge is 2.32. The Morgan fingerprint density at radius 2 is 1.68 bits per heavy atom. The van der Waals surface area contributed by atoms with Gasteiger partial charge in [0.1, 0.15) is 5.60 Å². The summed E-state index contributed by atoms with van der Waals surface area (Å²) in [6.07, 6.45) is 6.58. The number of nitrogens with one attached hydrogen (secondary N) is 2. The zero-order chi connectivity index (χ0) is 19.0. The van der Waals surface area contributed by atoms with Gasteiger partial charge in [-0.2, -0.15) is 0 Å². The summed E-state index contributed by atoms with van der Waals surface area (Å²) in [6, 6.07) is -0.124. The maximum atomic E-state index is 12.1. The van der Waals surface area contributed by atoms with E-state index in [0.717, 1.165) is 12.8 Å². The van der Waals surface area contributed by atoms with Gasteiger partial charge >= 0.3 is 6.09 Å². The molecule has 6 nitrogen and oxygen atoms in total. The molecular formula is C19H37N3O3. The van der Waals surface area contributed by atoms with E-state index in [1.54, 1.807) is 0 Å². The van der Waals surface area contributed by atoms with E-state index in [0.29, 0.717) is 12.6 Å². The van der Waals surface area contributed by atoms with Crippen molar-refractivity contribution in [2.24, 2.45) is 17.6 Å². The van der Waals surface area contributed by atoms with E-state index in [4.69, 9.17) is 10.5 Å². The third-order valence-corrected chi connectivity index (χ3v) is 4.74.